The SMILES string of the molecule is C=CC(/C=C\C)=C(\C)N(CC)C(C)C. The van der Waals surface area contributed by atoms with Crippen LogP contribution < -0.4 is 0 Å². The fraction of sp³-hybridized carbons (Fsp3) is 0.538. The van der Waals surface area contributed by atoms with Crippen molar-refractivity contribution in [3.63, 3.8) is 0 Å². The van der Waals surface area contributed by atoms with Gasteiger partial charge in [-0.25, -0.2) is 0 Å². The summed E-state index contributed by atoms with van der Waals surface area (Å²) in [5, 5.41) is 0. The largest absolute Gasteiger partial charge is 0.372 e. The normalized spacial score (nSPS) is 13.3. The fourth-order valence-electron chi connectivity index (χ4n) is 1.67. The molecular weight excluding hydrogens is 170 g/mol. The standard InChI is InChI=1S/C13H23N/c1-7-10-13(8-2)12(6)14(9-3)11(4)5/h7-8,10-11H,2,9H2,1,3-6H3/b10-7-,13-12-. The Morgan fingerprint density at radius 1 is 1.43 bits per heavy atom. The van der Waals surface area contributed by atoms with E-state index in [4.69, 9.17) is 0 Å². The molecule has 0 radical (unpaired) electrons. The molecule has 0 fully saturated rings. The summed E-state index contributed by atoms with van der Waals surface area (Å²) in [5.41, 5.74) is 2.51. The van der Waals surface area contributed by atoms with Gasteiger partial charge in [-0.05, 0) is 40.2 Å². The van der Waals surface area contributed by atoms with Gasteiger partial charge in [0.25, 0.3) is 0 Å². The van der Waals surface area contributed by atoms with Crippen molar-refractivity contribution in [2.24, 2.45) is 0 Å². The second-order valence-electron chi connectivity index (χ2n) is 3.62. The lowest BCUT2D eigenvalue weighted by Gasteiger charge is -2.29. The lowest BCUT2D eigenvalue weighted by atomic mass is 10.1. The Morgan fingerprint density at radius 2 is 2.00 bits per heavy atom. The van der Waals surface area contributed by atoms with Crippen LogP contribution in [0.1, 0.15) is 34.6 Å². The molecule has 0 spiro atoms. The van der Waals surface area contributed by atoms with E-state index in [2.05, 4.69) is 51.3 Å². The Hall–Kier alpha value is -0.980. The van der Waals surface area contributed by atoms with Crippen molar-refractivity contribution in [3.05, 3.63) is 36.1 Å². The Morgan fingerprint density at radius 3 is 2.29 bits per heavy atom. The van der Waals surface area contributed by atoms with Crippen LogP contribution in [0.15, 0.2) is 36.1 Å². The molecule has 0 aliphatic heterocycles. The van der Waals surface area contributed by atoms with Crippen molar-refractivity contribution < 1.29 is 0 Å². The number of hydrogen-bond acceptors (Lipinski definition) is 1. The van der Waals surface area contributed by atoms with Crippen LogP contribution in [-0.4, -0.2) is 17.5 Å². The summed E-state index contributed by atoms with van der Waals surface area (Å²) in [5.74, 6) is 0. The van der Waals surface area contributed by atoms with Crippen molar-refractivity contribution in [2.75, 3.05) is 6.54 Å². The predicted molar refractivity (Wildman–Crippen MR) is 65.2 cm³/mol. The minimum Gasteiger partial charge on any atom is -0.372 e. The zero-order valence-corrected chi connectivity index (χ0v) is 10.2. The summed E-state index contributed by atoms with van der Waals surface area (Å²) in [6, 6.07) is 0.542. The Kier molecular flexibility index (Phi) is 6.02. The van der Waals surface area contributed by atoms with Crippen molar-refractivity contribution in [2.45, 2.75) is 40.7 Å². The molecule has 0 bridgehead atoms. The molecule has 1 nitrogen and oxygen atoms in total. The van der Waals surface area contributed by atoms with E-state index in [0.717, 1.165) is 6.54 Å². The molecule has 80 valence electrons. The van der Waals surface area contributed by atoms with Crippen LogP contribution in [0.3, 0.4) is 0 Å². The van der Waals surface area contributed by atoms with Crippen LogP contribution in [0.25, 0.3) is 0 Å². The molecule has 0 saturated carbocycles. The van der Waals surface area contributed by atoms with Gasteiger partial charge in [-0.3, -0.25) is 0 Å². The third kappa shape index (κ3) is 3.41. The van der Waals surface area contributed by atoms with Gasteiger partial charge in [0.15, 0.2) is 0 Å². The Balaban J connectivity index is 4.99. The number of hydrogen-bond donors (Lipinski definition) is 0. The van der Waals surface area contributed by atoms with Gasteiger partial charge < -0.3 is 4.90 Å². The summed E-state index contributed by atoms with van der Waals surface area (Å²) in [6.45, 7) is 15.7. The summed E-state index contributed by atoms with van der Waals surface area (Å²) in [4.78, 5) is 2.37. The third-order valence-corrected chi connectivity index (χ3v) is 2.38. The molecular formula is C13H23N. The molecule has 0 amide bonds. The van der Waals surface area contributed by atoms with Gasteiger partial charge in [-0.1, -0.05) is 24.8 Å². The maximum absolute atomic E-state index is 3.84. The van der Waals surface area contributed by atoms with Crippen LogP contribution in [0.4, 0.5) is 0 Å². The lowest BCUT2D eigenvalue weighted by Crippen LogP contribution is -2.29. The van der Waals surface area contributed by atoms with Crippen molar-refractivity contribution in [1.82, 2.24) is 4.90 Å². The van der Waals surface area contributed by atoms with Crippen LogP contribution in [0.5, 0.6) is 0 Å². The highest BCUT2D eigenvalue weighted by Gasteiger charge is 2.08. The number of allylic oxidation sites excluding steroid dienone is 5. The molecule has 0 heterocycles. The maximum atomic E-state index is 3.84. The average molecular weight is 193 g/mol. The third-order valence-electron chi connectivity index (χ3n) is 2.38. The van der Waals surface area contributed by atoms with Gasteiger partial charge in [-0.2, -0.15) is 0 Å². The van der Waals surface area contributed by atoms with E-state index in [0.29, 0.717) is 6.04 Å². The Bertz CT molecular complexity index is 234. The second kappa shape index (κ2) is 6.47. The van der Waals surface area contributed by atoms with Gasteiger partial charge in [0.05, 0.1) is 0 Å². The molecule has 0 aromatic rings. The van der Waals surface area contributed by atoms with Crippen LogP contribution in [0.2, 0.25) is 0 Å². The molecule has 0 saturated heterocycles. The minimum absolute atomic E-state index is 0.542. The van der Waals surface area contributed by atoms with Gasteiger partial charge in [0.1, 0.15) is 0 Å². The smallest absolute Gasteiger partial charge is 0.0230 e. The van der Waals surface area contributed by atoms with Crippen LogP contribution >= 0.6 is 0 Å². The highest BCUT2D eigenvalue weighted by Crippen LogP contribution is 2.15. The van der Waals surface area contributed by atoms with E-state index in [1.807, 2.05) is 13.0 Å². The minimum atomic E-state index is 0.542. The van der Waals surface area contributed by atoms with Crippen molar-refractivity contribution in [3.8, 4) is 0 Å². The summed E-state index contributed by atoms with van der Waals surface area (Å²) in [6.07, 6.45) is 6.07. The highest BCUT2D eigenvalue weighted by molar-refractivity contribution is 5.33. The predicted octanol–water partition coefficient (Wildman–Crippen LogP) is 3.75. The zero-order chi connectivity index (χ0) is 11.1. The highest BCUT2D eigenvalue weighted by atomic mass is 15.1. The van der Waals surface area contributed by atoms with Crippen molar-refractivity contribution >= 4 is 0 Å². The molecule has 0 rings (SSSR count). The molecule has 0 unspecified atom stereocenters. The van der Waals surface area contributed by atoms with E-state index in [-0.39, 0.29) is 0 Å². The van der Waals surface area contributed by atoms with Gasteiger partial charge in [0, 0.05) is 18.3 Å². The van der Waals surface area contributed by atoms with Gasteiger partial charge in [0.2, 0.25) is 0 Å². The maximum Gasteiger partial charge on any atom is 0.0230 e. The topological polar surface area (TPSA) is 3.24 Å². The Labute approximate surface area is 88.8 Å². The van der Waals surface area contributed by atoms with E-state index >= 15 is 0 Å². The molecule has 0 aromatic carbocycles. The zero-order valence-electron chi connectivity index (χ0n) is 10.2. The first-order chi connectivity index (χ1) is 6.58. The number of rotatable bonds is 5. The van der Waals surface area contributed by atoms with Crippen molar-refractivity contribution in [1.29, 1.82) is 0 Å². The average Bonchev–Trinajstić information content (AvgIpc) is 2.14. The molecule has 0 atom stereocenters. The van der Waals surface area contributed by atoms with Crippen LogP contribution in [-0.2, 0) is 0 Å². The fourth-order valence-corrected chi connectivity index (χ4v) is 1.67. The monoisotopic (exact) mass is 193 g/mol. The molecule has 0 aromatic heterocycles. The second-order valence-corrected chi connectivity index (χ2v) is 3.62. The van der Waals surface area contributed by atoms with E-state index in [1.165, 1.54) is 11.3 Å². The number of nitrogens with zero attached hydrogens (tertiary/aromatic N) is 1. The summed E-state index contributed by atoms with van der Waals surface area (Å²) < 4.78 is 0. The van der Waals surface area contributed by atoms with Gasteiger partial charge in [-0.15, -0.1) is 0 Å². The first-order valence-corrected chi connectivity index (χ1v) is 5.31. The summed E-state index contributed by atoms with van der Waals surface area (Å²) in [7, 11) is 0. The quantitative estimate of drug-likeness (QED) is 0.601. The molecule has 0 aliphatic carbocycles. The summed E-state index contributed by atoms with van der Waals surface area (Å²) >= 11 is 0. The molecule has 1 heteroatoms. The molecule has 0 aliphatic rings. The molecule has 0 N–H and O–H groups in total. The van der Waals surface area contributed by atoms with E-state index in [1.54, 1.807) is 0 Å². The molecule has 14 heavy (non-hydrogen) atoms. The van der Waals surface area contributed by atoms with E-state index < -0.39 is 0 Å². The lowest BCUT2D eigenvalue weighted by molar-refractivity contribution is 0.297. The van der Waals surface area contributed by atoms with Gasteiger partial charge >= 0.3 is 0 Å². The first-order valence-electron chi connectivity index (χ1n) is 5.31. The van der Waals surface area contributed by atoms with Crippen LogP contribution in [0, 0.1) is 0 Å². The van der Waals surface area contributed by atoms with E-state index in [9.17, 15) is 0 Å². The first kappa shape index (κ1) is 13.0.